The van der Waals surface area contributed by atoms with E-state index in [9.17, 15) is 4.79 Å². The summed E-state index contributed by atoms with van der Waals surface area (Å²) in [6, 6.07) is 11.9. The average Bonchev–Trinajstić information content (AvgIpc) is 2.87. The zero-order chi connectivity index (χ0) is 17.9. The fourth-order valence-corrected chi connectivity index (χ4v) is 3.82. The fraction of sp³-hybridized carbons (Fsp3) is 0.381. The zero-order valence-electron chi connectivity index (χ0n) is 14.6. The Kier molecular flexibility index (Phi) is 5.02. The van der Waals surface area contributed by atoms with Crippen molar-refractivity contribution in [2.24, 2.45) is 0 Å². The van der Waals surface area contributed by atoms with Gasteiger partial charge in [0.15, 0.2) is 11.5 Å². The molecule has 1 heterocycles. The Labute approximate surface area is 158 Å². The minimum Gasteiger partial charge on any atom is -0.490 e. The van der Waals surface area contributed by atoms with E-state index in [0.717, 1.165) is 41.3 Å². The molecule has 4 nitrogen and oxygen atoms in total. The third kappa shape index (κ3) is 3.80. The van der Waals surface area contributed by atoms with E-state index >= 15 is 0 Å². The van der Waals surface area contributed by atoms with E-state index in [1.807, 2.05) is 36.4 Å². The molecule has 0 fully saturated rings. The van der Waals surface area contributed by atoms with Crippen molar-refractivity contribution in [1.82, 2.24) is 5.32 Å². The first-order valence-corrected chi connectivity index (χ1v) is 9.53. The van der Waals surface area contributed by atoms with Crippen LogP contribution in [-0.2, 0) is 17.6 Å². The van der Waals surface area contributed by atoms with Gasteiger partial charge in [0.2, 0.25) is 5.91 Å². The highest BCUT2D eigenvalue weighted by atomic mass is 35.5. The molecule has 2 aliphatic rings. The molecule has 1 amide bonds. The number of aryl methyl sites for hydroxylation is 2. The summed E-state index contributed by atoms with van der Waals surface area (Å²) in [6.45, 7) is 1.35. The van der Waals surface area contributed by atoms with Crippen molar-refractivity contribution in [1.29, 1.82) is 0 Å². The van der Waals surface area contributed by atoms with Crippen molar-refractivity contribution < 1.29 is 14.3 Å². The molecule has 1 N–H and O–H groups in total. The van der Waals surface area contributed by atoms with Crippen LogP contribution in [0, 0.1) is 0 Å². The maximum Gasteiger partial charge on any atom is 0.220 e. The van der Waals surface area contributed by atoms with Crippen LogP contribution in [0.2, 0.25) is 5.02 Å². The van der Waals surface area contributed by atoms with Gasteiger partial charge in [0, 0.05) is 17.9 Å². The molecule has 1 aliphatic heterocycles. The monoisotopic (exact) mass is 371 g/mol. The summed E-state index contributed by atoms with van der Waals surface area (Å²) in [4.78, 5) is 12.4. The van der Waals surface area contributed by atoms with Crippen molar-refractivity contribution >= 4 is 17.5 Å². The molecule has 1 atom stereocenters. The summed E-state index contributed by atoms with van der Waals surface area (Å²) in [5, 5.41) is 3.91. The highest BCUT2D eigenvalue weighted by Crippen LogP contribution is 2.33. The van der Waals surface area contributed by atoms with E-state index in [2.05, 4.69) is 5.32 Å². The predicted octanol–water partition coefficient (Wildman–Crippen LogP) is 4.24. The van der Waals surface area contributed by atoms with Gasteiger partial charge in [-0.05, 0) is 60.2 Å². The highest BCUT2D eigenvalue weighted by Gasteiger charge is 2.24. The first-order chi connectivity index (χ1) is 12.7. The molecule has 0 spiro atoms. The van der Waals surface area contributed by atoms with Gasteiger partial charge in [-0.15, -0.1) is 0 Å². The molecule has 0 saturated carbocycles. The minimum atomic E-state index is 0.0740. The summed E-state index contributed by atoms with van der Waals surface area (Å²) in [5.74, 6) is 1.64. The SMILES string of the molecule is O=C(CCc1ccc2c(c1)OCCCO2)NC1CCc2cc(Cl)ccc21. The number of amides is 1. The topological polar surface area (TPSA) is 47.6 Å². The zero-order valence-corrected chi connectivity index (χ0v) is 15.3. The van der Waals surface area contributed by atoms with Crippen molar-refractivity contribution in [3.8, 4) is 11.5 Å². The Bertz CT molecular complexity index is 821. The Morgan fingerprint density at radius 3 is 2.85 bits per heavy atom. The summed E-state index contributed by atoms with van der Waals surface area (Å²) in [5.41, 5.74) is 3.52. The van der Waals surface area contributed by atoms with E-state index in [-0.39, 0.29) is 11.9 Å². The number of nitrogens with one attached hydrogen (secondary N) is 1. The second kappa shape index (κ2) is 7.58. The minimum absolute atomic E-state index is 0.0740. The van der Waals surface area contributed by atoms with E-state index in [0.29, 0.717) is 26.1 Å². The molecule has 2 aromatic carbocycles. The largest absolute Gasteiger partial charge is 0.490 e. The predicted molar refractivity (Wildman–Crippen MR) is 101 cm³/mol. The van der Waals surface area contributed by atoms with Crippen LogP contribution in [0.25, 0.3) is 0 Å². The summed E-state index contributed by atoms with van der Waals surface area (Å²) in [6.07, 6.45) is 3.93. The van der Waals surface area contributed by atoms with Crippen LogP contribution in [0.5, 0.6) is 11.5 Å². The Morgan fingerprint density at radius 1 is 1.12 bits per heavy atom. The smallest absolute Gasteiger partial charge is 0.220 e. The molecular formula is C21H22ClNO3. The number of carbonyl (C=O) groups is 1. The number of rotatable bonds is 4. The molecule has 5 heteroatoms. The van der Waals surface area contributed by atoms with Gasteiger partial charge in [-0.2, -0.15) is 0 Å². The lowest BCUT2D eigenvalue weighted by molar-refractivity contribution is -0.121. The number of carbonyl (C=O) groups excluding carboxylic acids is 1. The van der Waals surface area contributed by atoms with E-state index in [4.69, 9.17) is 21.1 Å². The van der Waals surface area contributed by atoms with Crippen LogP contribution >= 0.6 is 11.6 Å². The normalized spacial score (nSPS) is 18.1. The Balaban J connectivity index is 1.34. The molecule has 1 unspecified atom stereocenters. The standard InChI is InChI=1S/C21H22ClNO3/c22-16-5-6-17-15(13-16)4-7-18(17)23-21(24)9-3-14-2-8-19-20(12-14)26-11-1-10-25-19/h2,5-6,8,12-13,18H,1,3-4,7,9-11H2,(H,23,24). The fourth-order valence-electron chi connectivity index (χ4n) is 3.62. The molecule has 136 valence electrons. The third-order valence-electron chi connectivity index (χ3n) is 4.97. The van der Waals surface area contributed by atoms with Crippen molar-refractivity contribution in [2.45, 2.75) is 38.1 Å². The summed E-state index contributed by atoms with van der Waals surface area (Å²) in [7, 11) is 0. The van der Waals surface area contributed by atoms with Gasteiger partial charge in [0.25, 0.3) is 0 Å². The molecule has 0 saturated heterocycles. The van der Waals surface area contributed by atoms with Gasteiger partial charge in [0.1, 0.15) is 0 Å². The molecule has 0 aromatic heterocycles. The van der Waals surface area contributed by atoms with Gasteiger partial charge in [0.05, 0.1) is 19.3 Å². The molecule has 0 radical (unpaired) electrons. The molecule has 1 aliphatic carbocycles. The first kappa shape index (κ1) is 17.2. The highest BCUT2D eigenvalue weighted by molar-refractivity contribution is 6.30. The lowest BCUT2D eigenvalue weighted by atomic mass is 10.1. The van der Waals surface area contributed by atoms with Gasteiger partial charge in [-0.25, -0.2) is 0 Å². The molecule has 2 aromatic rings. The van der Waals surface area contributed by atoms with Crippen molar-refractivity contribution in [3.05, 3.63) is 58.1 Å². The van der Waals surface area contributed by atoms with E-state index in [1.54, 1.807) is 0 Å². The molecule has 0 bridgehead atoms. The summed E-state index contributed by atoms with van der Waals surface area (Å²) < 4.78 is 11.4. The van der Waals surface area contributed by atoms with Crippen LogP contribution in [0.3, 0.4) is 0 Å². The Morgan fingerprint density at radius 2 is 1.96 bits per heavy atom. The molecule has 26 heavy (non-hydrogen) atoms. The number of hydrogen-bond acceptors (Lipinski definition) is 3. The van der Waals surface area contributed by atoms with Crippen LogP contribution in [0.15, 0.2) is 36.4 Å². The van der Waals surface area contributed by atoms with Crippen molar-refractivity contribution in [3.63, 3.8) is 0 Å². The van der Waals surface area contributed by atoms with Crippen LogP contribution in [0.1, 0.15) is 42.0 Å². The van der Waals surface area contributed by atoms with Crippen molar-refractivity contribution in [2.75, 3.05) is 13.2 Å². The third-order valence-corrected chi connectivity index (χ3v) is 5.21. The van der Waals surface area contributed by atoms with Crippen LogP contribution in [-0.4, -0.2) is 19.1 Å². The van der Waals surface area contributed by atoms with Gasteiger partial charge in [-0.1, -0.05) is 23.7 Å². The van der Waals surface area contributed by atoms with Gasteiger partial charge >= 0.3 is 0 Å². The maximum absolute atomic E-state index is 12.4. The Hall–Kier alpha value is -2.20. The van der Waals surface area contributed by atoms with Crippen LogP contribution in [0.4, 0.5) is 0 Å². The molecule has 4 rings (SSSR count). The lowest BCUT2D eigenvalue weighted by Gasteiger charge is -2.14. The van der Waals surface area contributed by atoms with E-state index < -0.39 is 0 Å². The quantitative estimate of drug-likeness (QED) is 0.874. The second-order valence-electron chi connectivity index (χ2n) is 6.83. The number of fused-ring (bicyclic) bond motifs is 2. The second-order valence-corrected chi connectivity index (χ2v) is 7.27. The molecular weight excluding hydrogens is 350 g/mol. The lowest BCUT2D eigenvalue weighted by Crippen LogP contribution is -2.27. The first-order valence-electron chi connectivity index (χ1n) is 9.15. The van der Waals surface area contributed by atoms with Gasteiger partial charge in [-0.3, -0.25) is 4.79 Å². The number of ether oxygens (including phenoxy) is 2. The maximum atomic E-state index is 12.4. The number of halogens is 1. The summed E-state index contributed by atoms with van der Waals surface area (Å²) >= 11 is 6.05. The average molecular weight is 372 g/mol. The van der Waals surface area contributed by atoms with Gasteiger partial charge < -0.3 is 14.8 Å². The number of benzene rings is 2. The van der Waals surface area contributed by atoms with Crippen LogP contribution < -0.4 is 14.8 Å². The van der Waals surface area contributed by atoms with E-state index in [1.165, 1.54) is 11.1 Å². The number of hydrogen-bond donors (Lipinski definition) is 1.